The molecule has 0 aliphatic heterocycles. The molecule has 1 aromatic heterocycles. The summed E-state index contributed by atoms with van der Waals surface area (Å²) in [4.78, 5) is 24.3. The normalized spacial score (nSPS) is 11.2. The van der Waals surface area contributed by atoms with E-state index in [1.165, 1.54) is 18.2 Å². The number of alkyl halides is 3. The van der Waals surface area contributed by atoms with Crippen molar-refractivity contribution >= 4 is 11.6 Å². The van der Waals surface area contributed by atoms with E-state index in [1.807, 2.05) is 31.2 Å². The number of halogens is 3. The van der Waals surface area contributed by atoms with E-state index in [2.05, 4.69) is 15.2 Å². The third-order valence-electron chi connectivity index (χ3n) is 4.19. The average Bonchev–Trinajstić information content (AvgIpc) is 2.70. The van der Waals surface area contributed by atoms with Gasteiger partial charge in [0, 0.05) is 17.3 Å². The van der Waals surface area contributed by atoms with Crippen LogP contribution in [0, 0.1) is 0 Å². The van der Waals surface area contributed by atoms with Gasteiger partial charge in [-0.05, 0) is 42.3 Å². The first-order valence-electron chi connectivity index (χ1n) is 9.06. The number of hydrogen-bond donors (Lipinski definition) is 1. The van der Waals surface area contributed by atoms with Crippen molar-refractivity contribution in [2.45, 2.75) is 26.3 Å². The Balaban J connectivity index is 1.69. The SMILES string of the molecule is CCc1ccc(-c2ccc(=O)n(CC(=O)Nc3ccc(OC(F)(F)F)cc3)n2)cc1. The molecule has 30 heavy (non-hydrogen) atoms. The molecule has 156 valence electrons. The van der Waals surface area contributed by atoms with Gasteiger partial charge < -0.3 is 10.1 Å². The summed E-state index contributed by atoms with van der Waals surface area (Å²) in [5.74, 6) is -0.951. The van der Waals surface area contributed by atoms with Crippen molar-refractivity contribution in [3.05, 3.63) is 76.6 Å². The largest absolute Gasteiger partial charge is 0.573 e. The number of anilines is 1. The van der Waals surface area contributed by atoms with Gasteiger partial charge in [-0.2, -0.15) is 5.10 Å². The summed E-state index contributed by atoms with van der Waals surface area (Å²) in [6.07, 6.45) is -3.89. The standard InChI is InChI=1S/C21H18F3N3O3/c1-2-14-3-5-15(6-4-14)18-11-12-20(29)27(26-18)13-19(28)25-16-7-9-17(10-8-16)30-21(22,23)24/h3-12H,2,13H2,1H3,(H,25,28). The molecule has 0 aliphatic carbocycles. The fraction of sp³-hybridized carbons (Fsp3) is 0.190. The number of carbonyl (C=O) groups is 1. The van der Waals surface area contributed by atoms with Crippen LogP contribution in [0.2, 0.25) is 0 Å². The van der Waals surface area contributed by atoms with Crippen molar-refractivity contribution in [3.63, 3.8) is 0 Å². The predicted octanol–water partition coefficient (Wildman–Crippen LogP) is 4.01. The Morgan fingerprint density at radius 2 is 1.70 bits per heavy atom. The van der Waals surface area contributed by atoms with Crippen LogP contribution in [0.3, 0.4) is 0 Å². The second kappa shape index (κ2) is 8.81. The van der Waals surface area contributed by atoms with Crippen LogP contribution in [0.1, 0.15) is 12.5 Å². The Hall–Kier alpha value is -3.62. The minimum Gasteiger partial charge on any atom is -0.406 e. The second-order valence-electron chi connectivity index (χ2n) is 6.39. The Morgan fingerprint density at radius 1 is 1.03 bits per heavy atom. The molecule has 3 aromatic rings. The average molecular weight is 417 g/mol. The van der Waals surface area contributed by atoms with Gasteiger partial charge in [0.25, 0.3) is 5.56 Å². The molecular formula is C21H18F3N3O3. The maximum Gasteiger partial charge on any atom is 0.573 e. The molecule has 3 rings (SSSR count). The smallest absolute Gasteiger partial charge is 0.406 e. The summed E-state index contributed by atoms with van der Waals surface area (Å²) in [5.41, 5.74) is 2.32. The van der Waals surface area contributed by atoms with E-state index in [1.54, 1.807) is 6.07 Å². The number of aryl methyl sites for hydroxylation is 1. The van der Waals surface area contributed by atoms with Crippen molar-refractivity contribution < 1.29 is 22.7 Å². The molecule has 0 spiro atoms. The Labute approximate surface area is 169 Å². The zero-order chi connectivity index (χ0) is 21.7. The van der Waals surface area contributed by atoms with Crippen LogP contribution in [-0.4, -0.2) is 22.1 Å². The zero-order valence-corrected chi connectivity index (χ0v) is 15.9. The van der Waals surface area contributed by atoms with Gasteiger partial charge in [0.1, 0.15) is 12.3 Å². The maximum atomic E-state index is 12.3. The highest BCUT2D eigenvalue weighted by Crippen LogP contribution is 2.24. The lowest BCUT2D eigenvalue weighted by Gasteiger charge is -2.11. The lowest BCUT2D eigenvalue weighted by Crippen LogP contribution is -2.29. The molecule has 9 heteroatoms. The van der Waals surface area contributed by atoms with E-state index in [0.29, 0.717) is 5.69 Å². The molecule has 0 fully saturated rings. The van der Waals surface area contributed by atoms with Crippen molar-refractivity contribution in [1.82, 2.24) is 9.78 Å². The number of amides is 1. The number of ether oxygens (including phenoxy) is 1. The van der Waals surface area contributed by atoms with E-state index in [4.69, 9.17) is 0 Å². The van der Waals surface area contributed by atoms with Gasteiger partial charge in [-0.3, -0.25) is 9.59 Å². The zero-order valence-electron chi connectivity index (χ0n) is 15.9. The second-order valence-corrected chi connectivity index (χ2v) is 6.39. The molecule has 0 saturated heterocycles. The lowest BCUT2D eigenvalue weighted by molar-refractivity contribution is -0.274. The molecule has 0 atom stereocenters. The van der Waals surface area contributed by atoms with Gasteiger partial charge in [0.15, 0.2) is 0 Å². The third kappa shape index (κ3) is 5.69. The Bertz CT molecular complexity index is 1080. The minimum absolute atomic E-state index is 0.258. The molecule has 0 saturated carbocycles. The van der Waals surface area contributed by atoms with Crippen molar-refractivity contribution in [3.8, 4) is 17.0 Å². The van der Waals surface area contributed by atoms with Crippen LogP contribution < -0.4 is 15.6 Å². The van der Waals surface area contributed by atoms with Gasteiger partial charge >= 0.3 is 6.36 Å². The topological polar surface area (TPSA) is 73.2 Å². The van der Waals surface area contributed by atoms with E-state index in [9.17, 15) is 22.8 Å². The predicted molar refractivity (Wildman–Crippen MR) is 105 cm³/mol. The van der Waals surface area contributed by atoms with Gasteiger partial charge in [0.2, 0.25) is 5.91 Å². The fourth-order valence-electron chi connectivity index (χ4n) is 2.70. The van der Waals surface area contributed by atoms with Crippen LogP contribution in [0.5, 0.6) is 5.75 Å². The highest BCUT2D eigenvalue weighted by atomic mass is 19.4. The van der Waals surface area contributed by atoms with Crippen LogP contribution in [0.15, 0.2) is 65.5 Å². The summed E-state index contributed by atoms with van der Waals surface area (Å²) in [6.45, 7) is 1.70. The van der Waals surface area contributed by atoms with Gasteiger partial charge in [-0.1, -0.05) is 31.2 Å². The third-order valence-corrected chi connectivity index (χ3v) is 4.19. The van der Waals surface area contributed by atoms with Crippen molar-refractivity contribution in [1.29, 1.82) is 0 Å². The summed E-state index contributed by atoms with van der Waals surface area (Å²) in [7, 11) is 0. The quantitative estimate of drug-likeness (QED) is 0.658. The lowest BCUT2D eigenvalue weighted by atomic mass is 10.1. The van der Waals surface area contributed by atoms with E-state index in [0.717, 1.165) is 34.4 Å². The number of nitrogens with one attached hydrogen (secondary N) is 1. The van der Waals surface area contributed by atoms with E-state index >= 15 is 0 Å². The highest BCUT2D eigenvalue weighted by Gasteiger charge is 2.30. The molecule has 1 heterocycles. The van der Waals surface area contributed by atoms with Crippen LogP contribution >= 0.6 is 0 Å². The first-order valence-corrected chi connectivity index (χ1v) is 9.06. The number of rotatable bonds is 6. The molecule has 2 aromatic carbocycles. The van der Waals surface area contributed by atoms with E-state index < -0.39 is 23.6 Å². The summed E-state index contributed by atoms with van der Waals surface area (Å²) in [5, 5.41) is 6.74. The summed E-state index contributed by atoms with van der Waals surface area (Å²) < 4.78 is 41.4. The van der Waals surface area contributed by atoms with Crippen LogP contribution in [0.4, 0.5) is 18.9 Å². The molecule has 1 N–H and O–H groups in total. The summed E-state index contributed by atoms with van der Waals surface area (Å²) >= 11 is 0. The number of aromatic nitrogens is 2. The maximum absolute atomic E-state index is 12.3. The Morgan fingerprint density at radius 3 is 2.30 bits per heavy atom. The first kappa shape index (κ1) is 21.1. The van der Waals surface area contributed by atoms with Crippen LogP contribution in [0.25, 0.3) is 11.3 Å². The van der Waals surface area contributed by atoms with Crippen LogP contribution in [-0.2, 0) is 17.8 Å². The van der Waals surface area contributed by atoms with E-state index in [-0.39, 0.29) is 12.2 Å². The van der Waals surface area contributed by atoms with Gasteiger partial charge in [-0.15, -0.1) is 13.2 Å². The molecule has 0 radical (unpaired) electrons. The molecule has 6 nitrogen and oxygen atoms in total. The highest BCUT2D eigenvalue weighted by molar-refractivity contribution is 5.90. The number of carbonyl (C=O) groups excluding carboxylic acids is 1. The fourth-order valence-corrected chi connectivity index (χ4v) is 2.70. The first-order chi connectivity index (χ1) is 14.2. The van der Waals surface area contributed by atoms with Crippen molar-refractivity contribution in [2.75, 3.05) is 5.32 Å². The monoisotopic (exact) mass is 417 g/mol. The number of benzene rings is 2. The molecule has 0 aliphatic rings. The molecule has 0 bridgehead atoms. The molecule has 0 unspecified atom stereocenters. The Kier molecular flexibility index (Phi) is 6.20. The minimum atomic E-state index is -4.79. The van der Waals surface area contributed by atoms with Gasteiger partial charge in [0.05, 0.1) is 5.69 Å². The van der Waals surface area contributed by atoms with Gasteiger partial charge in [-0.25, -0.2) is 4.68 Å². The number of hydrogen-bond acceptors (Lipinski definition) is 4. The molecular weight excluding hydrogens is 399 g/mol. The number of nitrogens with zero attached hydrogens (tertiary/aromatic N) is 2. The molecule has 1 amide bonds. The summed E-state index contributed by atoms with van der Waals surface area (Å²) in [6, 6.07) is 15.3. The van der Waals surface area contributed by atoms with Crippen molar-refractivity contribution in [2.24, 2.45) is 0 Å².